The Morgan fingerprint density at radius 1 is 1.00 bits per heavy atom. The molecule has 1 aromatic carbocycles. The fourth-order valence-corrected chi connectivity index (χ4v) is 5.74. The molecule has 3 fully saturated rings. The van der Waals surface area contributed by atoms with Gasteiger partial charge in [-0.25, -0.2) is 0 Å². The van der Waals surface area contributed by atoms with Gasteiger partial charge in [-0.3, -0.25) is 14.5 Å². The van der Waals surface area contributed by atoms with E-state index in [0.717, 1.165) is 76.1 Å². The van der Waals surface area contributed by atoms with Crippen molar-refractivity contribution in [2.75, 3.05) is 46.4 Å². The molecule has 30 heavy (non-hydrogen) atoms. The van der Waals surface area contributed by atoms with E-state index < -0.39 is 0 Å². The van der Waals surface area contributed by atoms with Crippen LogP contribution in [0.2, 0.25) is 0 Å². The van der Waals surface area contributed by atoms with Gasteiger partial charge in [0.05, 0.1) is 18.9 Å². The molecule has 4 rings (SSSR count). The Hall–Kier alpha value is -2.08. The zero-order chi connectivity index (χ0) is 21.1. The lowest BCUT2D eigenvalue weighted by Crippen LogP contribution is -2.50. The molecule has 6 nitrogen and oxygen atoms in total. The summed E-state index contributed by atoms with van der Waals surface area (Å²) in [6, 6.07) is 7.98. The van der Waals surface area contributed by atoms with Gasteiger partial charge in [0, 0.05) is 32.2 Å². The second kappa shape index (κ2) is 8.96. The monoisotopic (exact) mass is 413 g/mol. The van der Waals surface area contributed by atoms with E-state index in [0.29, 0.717) is 18.9 Å². The Morgan fingerprint density at radius 3 is 2.37 bits per heavy atom. The van der Waals surface area contributed by atoms with Crippen molar-refractivity contribution in [3.63, 3.8) is 0 Å². The van der Waals surface area contributed by atoms with E-state index in [1.807, 2.05) is 29.2 Å². The van der Waals surface area contributed by atoms with E-state index in [1.54, 1.807) is 7.11 Å². The largest absolute Gasteiger partial charge is 0.497 e. The predicted octanol–water partition coefficient (Wildman–Crippen LogP) is 2.56. The van der Waals surface area contributed by atoms with Gasteiger partial charge in [-0.05, 0) is 62.9 Å². The SMILES string of the molecule is CCN1CC[C@]2(C(=O)N3CCCC3)CCN(C(=O)Cc3ccc(OC)cc3)CC[C@H]12. The van der Waals surface area contributed by atoms with Gasteiger partial charge in [-0.2, -0.15) is 0 Å². The van der Waals surface area contributed by atoms with E-state index in [-0.39, 0.29) is 17.4 Å². The second-order valence-corrected chi connectivity index (χ2v) is 8.99. The Kier molecular flexibility index (Phi) is 6.32. The maximum absolute atomic E-state index is 13.6. The second-order valence-electron chi connectivity index (χ2n) is 8.99. The first kappa shape index (κ1) is 21.2. The summed E-state index contributed by atoms with van der Waals surface area (Å²) in [5.41, 5.74) is 0.693. The summed E-state index contributed by atoms with van der Waals surface area (Å²) in [5.74, 6) is 1.31. The number of carbonyl (C=O) groups excluding carboxylic acids is 2. The van der Waals surface area contributed by atoms with Crippen LogP contribution in [0.1, 0.15) is 44.6 Å². The molecule has 1 aromatic rings. The summed E-state index contributed by atoms with van der Waals surface area (Å²) >= 11 is 0. The number of methoxy groups -OCH3 is 1. The standard InChI is InChI=1S/C24H35N3O3/c1-3-25-16-11-24(23(29)27-13-4-5-14-27)12-17-26(15-10-21(24)25)22(28)18-19-6-8-20(30-2)9-7-19/h6-9,21H,3-5,10-18H2,1-2H3/t21-,24-/m0/s1. The molecule has 6 heteroatoms. The minimum atomic E-state index is -0.310. The third-order valence-corrected chi connectivity index (χ3v) is 7.52. The third-order valence-electron chi connectivity index (χ3n) is 7.52. The number of likely N-dealkylation sites (tertiary alicyclic amines) is 3. The minimum absolute atomic E-state index is 0.159. The van der Waals surface area contributed by atoms with Crippen LogP contribution in [0.15, 0.2) is 24.3 Å². The fraction of sp³-hybridized carbons (Fsp3) is 0.667. The van der Waals surface area contributed by atoms with E-state index in [9.17, 15) is 9.59 Å². The molecule has 0 aromatic heterocycles. The number of nitrogens with zero attached hydrogens (tertiary/aromatic N) is 3. The van der Waals surface area contributed by atoms with Crippen molar-refractivity contribution >= 4 is 11.8 Å². The predicted molar refractivity (Wildman–Crippen MR) is 116 cm³/mol. The van der Waals surface area contributed by atoms with Crippen molar-refractivity contribution in [2.24, 2.45) is 5.41 Å². The average molecular weight is 414 g/mol. The topological polar surface area (TPSA) is 53.1 Å². The molecule has 0 N–H and O–H groups in total. The van der Waals surface area contributed by atoms with E-state index in [1.165, 1.54) is 0 Å². The maximum atomic E-state index is 13.6. The summed E-state index contributed by atoms with van der Waals surface area (Å²) in [4.78, 5) is 33.3. The van der Waals surface area contributed by atoms with Gasteiger partial charge in [0.1, 0.15) is 5.75 Å². The molecule has 3 aliphatic heterocycles. The summed E-state index contributed by atoms with van der Waals surface area (Å²) in [6.45, 7) is 7.39. The molecule has 0 saturated carbocycles. The van der Waals surface area contributed by atoms with Crippen LogP contribution in [0.4, 0.5) is 0 Å². The average Bonchev–Trinajstić information content (AvgIpc) is 3.38. The molecule has 3 saturated heterocycles. The number of hydrogen-bond acceptors (Lipinski definition) is 4. The highest BCUT2D eigenvalue weighted by Gasteiger charge is 2.54. The highest BCUT2D eigenvalue weighted by molar-refractivity contribution is 5.85. The number of rotatable bonds is 5. The molecule has 2 atom stereocenters. The van der Waals surface area contributed by atoms with Gasteiger partial charge in [0.15, 0.2) is 0 Å². The van der Waals surface area contributed by atoms with Crippen molar-refractivity contribution in [2.45, 2.75) is 51.5 Å². The molecule has 3 heterocycles. The van der Waals surface area contributed by atoms with Gasteiger partial charge in [0.25, 0.3) is 0 Å². The molecule has 0 spiro atoms. The Bertz CT molecular complexity index is 759. The van der Waals surface area contributed by atoms with Crippen LogP contribution in [-0.4, -0.2) is 78.9 Å². The Labute approximate surface area is 180 Å². The van der Waals surface area contributed by atoms with Crippen LogP contribution < -0.4 is 4.74 Å². The van der Waals surface area contributed by atoms with E-state index in [4.69, 9.17) is 4.74 Å². The third kappa shape index (κ3) is 3.94. The lowest BCUT2D eigenvalue weighted by Gasteiger charge is -2.38. The van der Waals surface area contributed by atoms with E-state index in [2.05, 4.69) is 16.7 Å². The van der Waals surface area contributed by atoms with E-state index >= 15 is 0 Å². The van der Waals surface area contributed by atoms with Crippen molar-refractivity contribution in [3.8, 4) is 5.75 Å². The molecule has 2 amide bonds. The zero-order valence-electron chi connectivity index (χ0n) is 18.4. The van der Waals surface area contributed by atoms with Crippen molar-refractivity contribution in [1.29, 1.82) is 0 Å². The van der Waals surface area contributed by atoms with Crippen LogP contribution in [0.5, 0.6) is 5.75 Å². The summed E-state index contributed by atoms with van der Waals surface area (Å²) in [5, 5.41) is 0. The van der Waals surface area contributed by atoms with Crippen LogP contribution >= 0.6 is 0 Å². The van der Waals surface area contributed by atoms with Crippen LogP contribution in [-0.2, 0) is 16.0 Å². The quantitative estimate of drug-likeness (QED) is 0.745. The fourth-order valence-electron chi connectivity index (χ4n) is 5.74. The van der Waals surface area contributed by atoms with Crippen LogP contribution in [0, 0.1) is 5.41 Å². The summed E-state index contributed by atoms with van der Waals surface area (Å²) in [6.07, 6.45) is 5.26. The first-order valence-electron chi connectivity index (χ1n) is 11.5. The van der Waals surface area contributed by atoms with Crippen LogP contribution in [0.3, 0.4) is 0 Å². The van der Waals surface area contributed by atoms with Gasteiger partial charge in [-0.15, -0.1) is 0 Å². The smallest absolute Gasteiger partial charge is 0.230 e. The maximum Gasteiger partial charge on any atom is 0.230 e. The number of carbonyl (C=O) groups is 2. The van der Waals surface area contributed by atoms with Crippen molar-refractivity contribution in [3.05, 3.63) is 29.8 Å². The highest BCUT2D eigenvalue weighted by atomic mass is 16.5. The number of benzene rings is 1. The summed E-state index contributed by atoms with van der Waals surface area (Å²) in [7, 11) is 1.65. The minimum Gasteiger partial charge on any atom is -0.497 e. The molecular weight excluding hydrogens is 378 g/mol. The highest BCUT2D eigenvalue weighted by Crippen LogP contribution is 2.45. The molecule has 0 radical (unpaired) electrons. The number of fused-ring (bicyclic) bond motifs is 1. The van der Waals surface area contributed by atoms with Crippen molar-refractivity contribution in [1.82, 2.24) is 14.7 Å². The molecule has 0 bridgehead atoms. The van der Waals surface area contributed by atoms with Gasteiger partial charge in [0.2, 0.25) is 11.8 Å². The van der Waals surface area contributed by atoms with Gasteiger partial charge >= 0.3 is 0 Å². The molecule has 0 unspecified atom stereocenters. The number of ether oxygens (including phenoxy) is 1. The molecular formula is C24H35N3O3. The molecule has 3 aliphatic rings. The van der Waals surface area contributed by atoms with Gasteiger partial charge < -0.3 is 14.5 Å². The normalized spacial score (nSPS) is 27.1. The summed E-state index contributed by atoms with van der Waals surface area (Å²) < 4.78 is 5.21. The van der Waals surface area contributed by atoms with Gasteiger partial charge in [-0.1, -0.05) is 19.1 Å². The zero-order valence-corrected chi connectivity index (χ0v) is 18.4. The molecule has 164 valence electrons. The Balaban J connectivity index is 1.48. The number of hydrogen-bond donors (Lipinski definition) is 0. The lowest BCUT2D eigenvalue weighted by atomic mass is 9.75. The number of amides is 2. The van der Waals surface area contributed by atoms with Crippen molar-refractivity contribution < 1.29 is 14.3 Å². The Morgan fingerprint density at radius 2 is 1.70 bits per heavy atom. The van der Waals surface area contributed by atoms with Crippen LogP contribution in [0.25, 0.3) is 0 Å². The molecule has 0 aliphatic carbocycles. The first-order chi connectivity index (χ1) is 14.6. The lowest BCUT2D eigenvalue weighted by molar-refractivity contribution is -0.143. The first-order valence-corrected chi connectivity index (χ1v) is 11.5.